The number of fused-ring (bicyclic) bond motifs is 5. The van der Waals surface area contributed by atoms with Crippen LogP contribution < -0.4 is 5.56 Å². The first-order chi connectivity index (χ1) is 15.9. The van der Waals surface area contributed by atoms with E-state index in [2.05, 4.69) is 24.0 Å². The molecule has 0 amide bonds. The molecular weight excluding hydrogens is 460 g/mol. The van der Waals surface area contributed by atoms with Crippen molar-refractivity contribution in [3.63, 3.8) is 0 Å². The summed E-state index contributed by atoms with van der Waals surface area (Å²) in [6, 6.07) is 9.44. The van der Waals surface area contributed by atoms with E-state index < -0.39 is 5.25 Å². The van der Waals surface area contributed by atoms with Crippen molar-refractivity contribution < 1.29 is 14.3 Å². The van der Waals surface area contributed by atoms with Crippen LogP contribution >= 0.6 is 23.1 Å². The van der Waals surface area contributed by atoms with E-state index >= 15 is 0 Å². The Morgan fingerprint density at radius 3 is 2.70 bits per heavy atom. The van der Waals surface area contributed by atoms with Crippen LogP contribution in [-0.2, 0) is 27.3 Å². The van der Waals surface area contributed by atoms with Crippen LogP contribution in [-0.4, -0.2) is 43.6 Å². The number of ether oxygens (including phenoxy) is 2. The Labute approximate surface area is 198 Å². The Kier molecular flexibility index (Phi) is 5.75. The Morgan fingerprint density at radius 1 is 1.24 bits per heavy atom. The zero-order chi connectivity index (χ0) is 23.3. The number of hydrogen-bond donors (Lipinski definition) is 0. The molecule has 0 radical (unpaired) electrons. The number of esters is 1. The number of nitrogens with zero attached hydrogens (tertiary/aromatic N) is 4. The van der Waals surface area contributed by atoms with Crippen molar-refractivity contribution in [1.82, 2.24) is 19.2 Å². The Morgan fingerprint density at radius 2 is 2.00 bits per heavy atom. The second-order valence-electron chi connectivity index (χ2n) is 8.36. The van der Waals surface area contributed by atoms with E-state index in [0.717, 1.165) is 15.3 Å². The third-order valence-corrected chi connectivity index (χ3v) is 8.13. The van der Waals surface area contributed by atoms with Gasteiger partial charge in [0.25, 0.3) is 5.56 Å². The molecule has 3 aromatic heterocycles. The summed E-state index contributed by atoms with van der Waals surface area (Å²) in [7, 11) is 1.37. The molecule has 8 nitrogen and oxygen atoms in total. The van der Waals surface area contributed by atoms with E-state index in [9.17, 15) is 9.59 Å². The van der Waals surface area contributed by atoms with Gasteiger partial charge in [0.1, 0.15) is 10.1 Å². The Hall–Kier alpha value is -2.69. The molecule has 1 aliphatic heterocycles. The lowest BCUT2D eigenvalue weighted by Crippen LogP contribution is -2.28. The molecule has 0 spiro atoms. The number of hydrogen-bond acceptors (Lipinski definition) is 8. The van der Waals surface area contributed by atoms with Crippen LogP contribution in [0.3, 0.4) is 0 Å². The van der Waals surface area contributed by atoms with Gasteiger partial charge in [-0.15, -0.1) is 21.5 Å². The molecule has 172 valence electrons. The lowest BCUT2D eigenvalue weighted by atomic mass is 9.96. The van der Waals surface area contributed by atoms with E-state index in [1.54, 1.807) is 11.5 Å². The zero-order valence-electron chi connectivity index (χ0n) is 18.8. The van der Waals surface area contributed by atoms with Gasteiger partial charge in [0.15, 0.2) is 5.16 Å². The fourth-order valence-electron chi connectivity index (χ4n) is 4.13. The van der Waals surface area contributed by atoms with E-state index in [4.69, 9.17) is 9.47 Å². The molecule has 0 saturated carbocycles. The summed E-state index contributed by atoms with van der Waals surface area (Å²) >= 11 is 2.80. The quantitative estimate of drug-likeness (QED) is 0.314. The smallest absolute Gasteiger partial charge is 0.318 e. The third kappa shape index (κ3) is 3.66. The standard InChI is InChI=1S/C23H24N4O4S2/c1-12(2)16-10-15-17(11-31-16)33-20-18(15)19(28)26(14-8-6-5-7-9-14)22-24-25-23(27(20)22)32-13(3)21(29)30-4/h5-9,12-13,16H,10-11H2,1-4H3. The van der Waals surface area contributed by atoms with Crippen LogP contribution in [0, 0.1) is 5.92 Å². The number of carbonyl (C=O) groups is 1. The molecule has 0 N–H and O–H groups in total. The molecular formula is C23H24N4O4S2. The van der Waals surface area contributed by atoms with Crippen LogP contribution in [0.2, 0.25) is 0 Å². The van der Waals surface area contributed by atoms with Crippen molar-refractivity contribution in [1.29, 1.82) is 0 Å². The molecule has 4 aromatic rings. The maximum absolute atomic E-state index is 13.9. The first kappa shape index (κ1) is 22.1. The van der Waals surface area contributed by atoms with Gasteiger partial charge in [-0.1, -0.05) is 43.8 Å². The first-order valence-corrected chi connectivity index (χ1v) is 12.5. The predicted octanol–water partition coefficient (Wildman–Crippen LogP) is 3.85. The lowest BCUT2D eigenvalue weighted by molar-refractivity contribution is -0.139. The molecule has 0 saturated heterocycles. The summed E-state index contributed by atoms with van der Waals surface area (Å²) in [6.07, 6.45) is 0.746. The largest absolute Gasteiger partial charge is 0.468 e. The summed E-state index contributed by atoms with van der Waals surface area (Å²) in [5.74, 6) is 0.413. The highest BCUT2D eigenvalue weighted by Gasteiger charge is 2.30. The average molecular weight is 485 g/mol. The van der Waals surface area contributed by atoms with Gasteiger partial charge in [0.05, 0.1) is 30.9 Å². The van der Waals surface area contributed by atoms with Crippen molar-refractivity contribution in [3.8, 4) is 5.69 Å². The van der Waals surface area contributed by atoms with Crippen molar-refractivity contribution in [3.05, 3.63) is 51.1 Å². The van der Waals surface area contributed by atoms with Crippen LogP contribution in [0.4, 0.5) is 0 Å². The summed E-state index contributed by atoms with van der Waals surface area (Å²) in [6.45, 7) is 6.51. The maximum atomic E-state index is 13.9. The molecule has 5 rings (SSSR count). The van der Waals surface area contributed by atoms with Gasteiger partial charge in [-0.05, 0) is 30.5 Å². The number of rotatable bonds is 5. The topological polar surface area (TPSA) is 87.7 Å². The van der Waals surface area contributed by atoms with E-state index in [0.29, 0.717) is 41.0 Å². The molecule has 1 aromatic carbocycles. The van der Waals surface area contributed by atoms with Crippen molar-refractivity contribution in [2.24, 2.45) is 5.92 Å². The second kappa shape index (κ2) is 8.58. The average Bonchev–Trinajstić information content (AvgIpc) is 3.40. The minimum atomic E-state index is -0.474. The Balaban J connectivity index is 1.81. The highest BCUT2D eigenvalue weighted by Crippen LogP contribution is 2.38. The molecule has 2 unspecified atom stereocenters. The molecule has 33 heavy (non-hydrogen) atoms. The van der Waals surface area contributed by atoms with Gasteiger partial charge < -0.3 is 9.47 Å². The molecule has 10 heteroatoms. The molecule has 0 fully saturated rings. The van der Waals surface area contributed by atoms with Crippen molar-refractivity contribution in [2.45, 2.75) is 50.3 Å². The highest BCUT2D eigenvalue weighted by molar-refractivity contribution is 8.00. The fraction of sp³-hybridized carbons (Fsp3) is 0.391. The van der Waals surface area contributed by atoms with Crippen LogP contribution in [0.25, 0.3) is 21.7 Å². The van der Waals surface area contributed by atoms with E-state index in [-0.39, 0.29) is 17.6 Å². The number of methoxy groups -OCH3 is 1. The predicted molar refractivity (Wildman–Crippen MR) is 128 cm³/mol. The molecule has 4 heterocycles. The molecule has 0 aliphatic carbocycles. The molecule has 1 aliphatic rings. The summed E-state index contributed by atoms with van der Waals surface area (Å²) in [4.78, 5) is 27.8. The van der Waals surface area contributed by atoms with Gasteiger partial charge in [0, 0.05) is 11.3 Å². The molecule has 2 atom stereocenters. The number of thiophene rings is 1. The van der Waals surface area contributed by atoms with Crippen LogP contribution in [0.1, 0.15) is 31.2 Å². The van der Waals surface area contributed by atoms with Gasteiger partial charge in [-0.3, -0.25) is 9.59 Å². The van der Waals surface area contributed by atoms with Crippen LogP contribution in [0.15, 0.2) is 40.3 Å². The maximum Gasteiger partial charge on any atom is 0.318 e. The number of carbonyl (C=O) groups excluding carboxylic acids is 1. The van der Waals surface area contributed by atoms with Gasteiger partial charge in [-0.2, -0.15) is 0 Å². The molecule has 0 bridgehead atoms. The number of para-hydroxylation sites is 1. The summed E-state index contributed by atoms with van der Waals surface area (Å²) < 4.78 is 14.5. The lowest BCUT2D eigenvalue weighted by Gasteiger charge is -2.26. The normalized spacial score (nSPS) is 16.9. The van der Waals surface area contributed by atoms with Gasteiger partial charge >= 0.3 is 5.97 Å². The number of thioether (sulfide) groups is 1. The monoisotopic (exact) mass is 484 g/mol. The minimum absolute atomic E-state index is 0.0599. The van der Waals surface area contributed by atoms with E-state index in [1.165, 1.54) is 30.2 Å². The van der Waals surface area contributed by atoms with Gasteiger partial charge in [0.2, 0.25) is 5.78 Å². The van der Waals surface area contributed by atoms with E-state index in [1.807, 2.05) is 34.7 Å². The number of benzene rings is 1. The second-order valence-corrected chi connectivity index (χ2v) is 10.8. The third-order valence-electron chi connectivity index (χ3n) is 5.92. The first-order valence-electron chi connectivity index (χ1n) is 10.8. The Bertz CT molecular complexity index is 1410. The fourth-order valence-corrected chi connectivity index (χ4v) is 6.30. The number of aromatic nitrogens is 4. The minimum Gasteiger partial charge on any atom is -0.468 e. The van der Waals surface area contributed by atoms with Crippen molar-refractivity contribution in [2.75, 3.05) is 7.11 Å². The SMILES string of the molecule is COC(=O)C(C)Sc1nnc2n(-c3ccccc3)c(=O)c3c4c(sc3n12)COC(C(C)C)C4. The zero-order valence-corrected chi connectivity index (χ0v) is 20.4. The highest BCUT2D eigenvalue weighted by atomic mass is 32.2. The summed E-state index contributed by atoms with van der Waals surface area (Å²) in [5.41, 5.74) is 1.64. The van der Waals surface area contributed by atoms with Crippen molar-refractivity contribution >= 4 is 45.1 Å². The summed E-state index contributed by atoms with van der Waals surface area (Å²) in [5, 5.41) is 9.47. The van der Waals surface area contributed by atoms with Gasteiger partial charge in [-0.25, -0.2) is 8.97 Å². The van der Waals surface area contributed by atoms with Crippen LogP contribution in [0.5, 0.6) is 0 Å².